The number of esters is 1. The van der Waals surface area contributed by atoms with Gasteiger partial charge in [0, 0.05) is 31.1 Å². The molecule has 1 aromatic carbocycles. The first-order valence-corrected chi connectivity index (χ1v) is 11.2. The van der Waals surface area contributed by atoms with Crippen molar-refractivity contribution in [2.75, 3.05) is 26.5 Å². The predicted molar refractivity (Wildman–Crippen MR) is 134 cm³/mol. The van der Waals surface area contributed by atoms with Crippen LogP contribution in [-0.4, -0.2) is 61.0 Å². The molecule has 0 aliphatic rings. The van der Waals surface area contributed by atoms with Crippen LogP contribution in [0.3, 0.4) is 0 Å². The van der Waals surface area contributed by atoms with E-state index in [4.69, 9.17) is 26.4 Å². The standard InChI is InChI=1S/C24H31N7O6/c1-36-20(33)6-8-24(31-23(35)37-2,12-15-4-3-5-17(10-15)21(26)27)22(34)30-14-19(32)29-13-16-7-9-28-18(25)11-16/h3-5,7,9-11H,6,8,12-14H2,1-2H3,(H2,25,28)(H3,26,27)(H,29,32)(H,30,34)(H,31,35)/t24-/m1/s1. The smallest absolute Gasteiger partial charge is 0.407 e. The predicted octanol–water partition coefficient (Wildman–Crippen LogP) is -0.0290. The van der Waals surface area contributed by atoms with Crippen molar-refractivity contribution in [1.29, 1.82) is 5.41 Å². The summed E-state index contributed by atoms with van der Waals surface area (Å²) in [6.07, 6.45) is 0.124. The van der Waals surface area contributed by atoms with Crippen molar-refractivity contribution < 1.29 is 28.7 Å². The monoisotopic (exact) mass is 513 g/mol. The summed E-state index contributed by atoms with van der Waals surface area (Å²) < 4.78 is 9.42. The number of alkyl carbamates (subject to hydrolysis) is 1. The number of methoxy groups -OCH3 is 2. The van der Waals surface area contributed by atoms with E-state index < -0.39 is 36.0 Å². The van der Waals surface area contributed by atoms with Crippen LogP contribution in [0.5, 0.6) is 0 Å². The van der Waals surface area contributed by atoms with Crippen LogP contribution in [0.25, 0.3) is 0 Å². The molecule has 1 atom stereocenters. The Balaban J connectivity index is 2.25. The second-order valence-electron chi connectivity index (χ2n) is 8.11. The third kappa shape index (κ3) is 8.80. The number of rotatable bonds is 12. The molecule has 0 saturated carbocycles. The number of carbonyl (C=O) groups is 4. The van der Waals surface area contributed by atoms with Crippen LogP contribution in [0.2, 0.25) is 0 Å². The van der Waals surface area contributed by atoms with E-state index >= 15 is 0 Å². The normalized spacial score (nSPS) is 11.9. The lowest BCUT2D eigenvalue weighted by atomic mass is 9.84. The molecule has 1 heterocycles. The maximum absolute atomic E-state index is 13.5. The molecule has 37 heavy (non-hydrogen) atoms. The van der Waals surface area contributed by atoms with Crippen molar-refractivity contribution in [3.8, 4) is 0 Å². The van der Waals surface area contributed by atoms with Crippen LogP contribution in [0, 0.1) is 5.41 Å². The molecule has 0 saturated heterocycles. The second-order valence-corrected chi connectivity index (χ2v) is 8.11. The third-order valence-corrected chi connectivity index (χ3v) is 5.43. The highest BCUT2D eigenvalue weighted by Gasteiger charge is 2.41. The molecule has 3 amide bonds. The molecule has 0 aliphatic carbocycles. The van der Waals surface area contributed by atoms with E-state index in [1.807, 2.05) is 0 Å². The van der Waals surface area contributed by atoms with Gasteiger partial charge in [0.05, 0.1) is 20.8 Å². The van der Waals surface area contributed by atoms with E-state index in [9.17, 15) is 19.2 Å². The first-order valence-electron chi connectivity index (χ1n) is 11.2. The first kappa shape index (κ1) is 28.6. The summed E-state index contributed by atoms with van der Waals surface area (Å²) in [7, 11) is 2.34. The summed E-state index contributed by atoms with van der Waals surface area (Å²) in [6, 6.07) is 9.82. The van der Waals surface area contributed by atoms with Crippen LogP contribution in [0.15, 0.2) is 42.6 Å². The first-order chi connectivity index (χ1) is 17.6. The number of nitrogens with one attached hydrogen (secondary N) is 4. The maximum Gasteiger partial charge on any atom is 0.407 e. The molecule has 13 heteroatoms. The van der Waals surface area contributed by atoms with Gasteiger partial charge in [-0.2, -0.15) is 0 Å². The lowest BCUT2D eigenvalue weighted by Crippen LogP contribution is -2.61. The second kappa shape index (κ2) is 13.4. The van der Waals surface area contributed by atoms with Crippen LogP contribution < -0.4 is 27.4 Å². The summed E-state index contributed by atoms with van der Waals surface area (Å²) >= 11 is 0. The van der Waals surface area contributed by atoms with Crippen molar-refractivity contribution in [2.24, 2.45) is 5.73 Å². The number of ether oxygens (including phenoxy) is 2. The molecule has 0 aliphatic heterocycles. The van der Waals surface area contributed by atoms with E-state index in [1.165, 1.54) is 13.3 Å². The molecule has 0 unspecified atom stereocenters. The van der Waals surface area contributed by atoms with Gasteiger partial charge in [0.2, 0.25) is 11.8 Å². The van der Waals surface area contributed by atoms with E-state index in [1.54, 1.807) is 36.4 Å². The Kier molecular flexibility index (Phi) is 10.4. The van der Waals surface area contributed by atoms with Gasteiger partial charge in [-0.25, -0.2) is 9.78 Å². The largest absolute Gasteiger partial charge is 0.469 e. The number of nitrogen functional groups attached to an aromatic ring is 2. The van der Waals surface area contributed by atoms with Crippen LogP contribution in [0.1, 0.15) is 29.5 Å². The average molecular weight is 514 g/mol. The van der Waals surface area contributed by atoms with Crippen LogP contribution in [-0.2, 0) is 36.8 Å². The van der Waals surface area contributed by atoms with Gasteiger partial charge < -0.3 is 36.9 Å². The zero-order chi connectivity index (χ0) is 27.4. The van der Waals surface area contributed by atoms with Crippen molar-refractivity contribution in [3.05, 3.63) is 59.3 Å². The molecule has 2 rings (SSSR count). The molecule has 1 aromatic heterocycles. The molecule has 2 aromatic rings. The summed E-state index contributed by atoms with van der Waals surface area (Å²) in [5.41, 5.74) is 11.2. The zero-order valence-electron chi connectivity index (χ0n) is 20.6. The van der Waals surface area contributed by atoms with Gasteiger partial charge in [0.25, 0.3) is 0 Å². The minimum Gasteiger partial charge on any atom is -0.469 e. The van der Waals surface area contributed by atoms with Gasteiger partial charge in [0.15, 0.2) is 0 Å². The highest BCUT2D eigenvalue weighted by molar-refractivity contribution is 5.95. The minimum absolute atomic E-state index is 0.0933. The molecule has 0 spiro atoms. The van der Waals surface area contributed by atoms with Gasteiger partial charge in [-0.05, 0) is 35.7 Å². The number of amidine groups is 1. The van der Waals surface area contributed by atoms with Crippen molar-refractivity contribution >= 4 is 35.5 Å². The lowest BCUT2D eigenvalue weighted by Gasteiger charge is -2.33. The number of pyridine rings is 1. The number of nitrogens with zero attached hydrogens (tertiary/aromatic N) is 1. The number of amides is 3. The fraction of sp³-hybridized carbons (Fsp3) is 0.333. The minimum atomic E-state index is -1.70. The molecular formula is C24H31N7O6. The Hall–Kier alpha value is -4.68. The summed E-state index contributed by atoms with van der Waals surface area (Å²) in [6.45, 7) is -0.247. The van der Waals surface area contributed by atoms with E-state index in [0.717, 1.165) is 12.7 Å². The van der Waals surface area contributed by atoms with Gasteiger partial charge in [0.1, 0.15) is 17.2 Å². The Morgan fingerprint density at radius 3 is 2.46 bits per heavy atom. The number of hydrogen-bond donors (Lipinski definition) is 6. The number of nitrogens with two attached hydrogens (primary N) is 2. The maximum atomic E-state index is 13.5. The zero-order valence-corrected chi connectivity index (χ0v) is 20.6. The third-order valence-electron chi connectivity index (χ3n) is 5.43. The highest BCUT2D eigenvalue weighted by Crippen LogP contribution is 2.22. The Labute approximate surface area is 213 Å². The number of benzene rings is 1. The fourth-order valence-corrected chi connectivity index (χ4v) is 3.50. The van der Waals surface area contributed by atoms with E-state index in [-0.39, 0.29) is 31.6 Å². The van der Waals surface area contributed by atoms with Gasteiger partial charge in [-0.3, -0.25) is 19.8 Å². The van der Waals surface area contributed by atoms with Crippen LogP contribution >= 0.6 is 0 Å². The molecule has 198 valence electrons. The fourth-order valence-electron chi connectivity index (χ4n) is 3.50. The summed E-state index contributed by atoms with van der Waals surface area (Å²) in [5.74, 6) is -1.70. The SMILES string of the molecule is COC(=O)CC[C@](Cc1cccc(C(=N)N)c1)(NC(=O)OC)C(=O)NCC(=O)NCc1ccnc(N)c1. The van der Waals surface area contributed by atoms with Crippen molar-refractivity contribution in [1.82, 2.24) is 20.9 Å². The van der Waals surface area contributed by atoms with Crippen molar-refractivity contribution in [2.45, 2.75) is 31.3 Å². The molecule has 0 bridgehead atoms. The van der Waals surface area contributed by atoms with Gasteiger partial charge in [-0.1, -0.05) is 18.2 Å². The average Bonchev–Trinajstić information content (AvgIpc) is 2.88. The van der Waals surface area contributed by atoms with Gasteiger partial charge in [-0.15, -0.1) is 0 Å². The van der Waals surface area contributed by atoms with E-state index in [2.05, 4.69) is 20.9 Å². The summed E-state index contributed by atoms with van der Waals surface area (Å²) in [5, 5.41) is 15.4. The Bertz CT molecular complexity index is 1160. The number of aromatic nitrogens is 1. The quantitative estimate of drug-likeness (QED) is 0.128. The lowest BCUT2D eigenvalue weighted by molar-refractivity contribution is -0.141. The Morgan fingerprint density at radius 1 is 1.05 bits per heavy atom. The van der Waals surface area contributed by atoms with Gasteiger partial charge >= 0.3 is 12.1 Å². The topological polar surface area (TPSA) is 212 Å². The summed E-state index contributed by atoms with van der Waals surface area (Å²) in [4.78, 5) is 53.9. The number of carbonyl (C=O) groups excluding carboxylic acids is 4. The highest BCUT2D eigenvalue weighted by atomic mass is 16.5. The van der Waals surface area contributed by atoms with E-state index in [0.29, 0.717) is 16.9 Å². The molecular weight excluding hydrogens is 482 g/mol. The molecule has 8 N–H and O–H groups in total. The Morgan fingerprint density at radius 2 is 1.81 bits per heavy atom. The number of hydrogen-bond acceptors (Lipinski definition) is 9. The number of anilines is 1. The van der Waals surface area contributed by atoms with Crippen LogP contribution in [0.4, 0.5) is 10.6 Å². The molecule has 0 fully saturated rings. The molecule has 13 nitrogen and oxygen atoms in total. The van der Waals surface area contributed by atoms with Crippen molar-refractivity contribution in [3.63, 3.8) is 0 Å². The molecule has 0 radical (unpaired) electrons.